The van der Waals surface area contributed by atoms with Crippen molar-refractivity contribution >= 4 is 39.3 Å². The van der Waals surface area contributed by atoms with Crippen LogP contribution in [0.5, 0.6) is 0 Å². The number of carbonyl (C=O) groups excluding carboxylic acids is 2. The topological polar surface area (TPSA) is 115 Å². The van der Waals surface area contributed by atoms with Crippen LogP contribution >= 0.6 is 15.9 Å². The van der Waals surface area contributed by atoms with E-state index in [9.17, 15) is 19.7 Å². The van der Waals surface area contributed by atoms with Crippen LogP contribution in [-0.2, 0) is 15.1 Å². The van der Waals surface area contributed by atoms with Gasteiger partial charge < -0.3 is 4.74 Å². The zero-order chi connectivity index (χ0) is 18.2. The number of carbonyl (C=O) groups is 2. The molecule has 1 aromatic carbocycles. The van der Waals surface area contributed by atoms with E-state index in [4.69, 9.17) is 4.74 Å². The Morgan fingerprint density at radius 2 is 1.92 bits per heavy atom. The maximum Gasteiger partial charge on any atom is 0.437 e. The highest BCUT2D eigenvalue weighted by Gasteiger charge is 2.52. The summed E-state index contributed by atoms with van der Waals surface area (Å²) in [5.74, 6) is -0.625. The van der Waals surface area contributed by atoms with E-state index in [2.05, 4.69) is 26.3 Å². The van der Waals surface area contributed by atoms with Crippen molar-refractivity contribution in [1.29, 1.82) is 0 Å². The first-order chi connectivity index (χ1) is 11.8. The van der Waals surface area contributed by atoms with Crippen LogP contribution in [0.1, 0.15) is 12.5 Å². The Hall–Kier alpha value is -3.01. The van der Waals surface area contributed by atoms with Gasteiger partial charge in [0.25, 0.3) is 11.6 Å². The van der Waals surface area contributed by atoms with Crippen LogP contribution < -0.4 is 5.43 Å². The summed E-state index contributed by atoms with van der Waals surface area (Å²) < 4.78 is 5.83. The number of benzene rings is 1. The van der Waals surface area contributed by atoms with Gasteiger partial charge in [-0.25, -0.2) is 9.78 Å². The lowest BCUT2D eigenvalue weighted by molar-refractivity contribution is -0.384. The minimum Gasteiger partial charge on any atom is -0.426 e. The van der Waals surface area contributed by atoms with E-state index in [1.165, 1.54) is 37.4 Å². The van der Waals surface area contributed by atoms with E-state index >= 15 is 0 Å². The molecule has 0 bridgehead atoms. The summed E-state index contributed by atoms with van der Waals surface area (Å²) in [6.45, 7) is 1.47. The molecule has 128 valence electrons. The molecule has 1 aliphatic rings. The molecule has 0 radical (unpaired) electrons. The highest BCUT2D eigenvalue weighted by atomic mass is 79.9. The van der Waals surface area contributed by atoms with Crippen LogP contribution in [0.2, 0.25) is 0 Å². The average Bonchev–Trinajstić information content (AvgIpc) is 2.80. The minimum absolute atomic E-state index is 0.105. The van der Waals surface area contributed by atoms with Gasteiger partial charge in [0.05, 0.1) is 10.6 Å². The van der Waals surface area contributed by atoms with Gasteiger partial charge >= 0.3 is 6.09 Å². The molecule has 1 N–H and O–H groups in total. The van der Waals surface area contributed by atoms with E-state index in [0.29, 0.717) is 15.9 Å². The quantitative estimate of drug-likeness (QED) is 0.471. The molecule has 2 heterocycles. The Bertz CT molecular complexity index is 855. The lowest BCUT2D eigenvalue weighted by atomic mass is 9.97. The number of hydrogen-bond donors (Lipinski definition) is 1. The van der Waals surface area contributed by atoms with Gasteiger partial charge in [0.1, 0.15) is 4.60 Å². The Morgan fingerprint density at radius 1 is 1.24 bits per heavy atom. The average molecular weight is 407 g/mol. The zero-order valence-electron chi connectivity index (χ0n) is 12.8. The lowest BCUT2D eigenvalue weighted by Crippen LogP contribution is -2.40. The first-order valence-electron chi connectivity index (χ1n) is 7.02. The van der Waals surface area contributed by atoms with Crippen LogP contribution in [0.4, 0.5) is 16.2 Å². The van der Waals surface area contributed by atoms with Crippen LogP contribution in [0.15, 0.2) is 47.2 Å². The summed E-state index contributed by atoms with van der Waals surface area (Å²) in [5.41, 5.74) is 1.73. The third-order valence-electron chi connectivity index (χ3n) is 3.68. The van der Waals surface area contributed by atoms with E-state index in [1.54, 1.807) is 12.1 Å². The Morgan fingerprint density at radius 3 is 2.48 bits per heavy atom. The number of nitrogens with one attached hydrogen (secondary N) is 1. The molecule has 9 nitrogen and oxygen atoms in total. The molecule has 1 saturated heterocycles. The number of hydrazine groups is 1. The second-order valence-corrected chi connectivity index (χ2v) is 6.14. The molecule has 2 amide bonds. The second kappa shape index (κ2) is 6.13. The molecule has 1 fully saturated rings. The smallest absolute Gasteiger partial charge is 0.426 e. The predicted molar refractivity (Wildman–Crippen MR) is 89.3 cm³/mol. The number of rotatable bonds is 4. The van der Waals surface area contributed by atoms with Crippen LogP contribution in [0.25, 0.3) is 0 Å². The van der Waals surface area contributed by atoms with Gasteiger partial charge in [0.15, 0.2) is 0 Å². The Labute approximate surface area is 149 Å². The van der Waals surface area contributed by atoms with Crippen molar-refractivity contribution < 1.29 is 19.2 Å². The van der Waals surface area contributed by atoms with E-state index in [1.807, 2.05) is 0 Å². The van der Waals surface area contributed by atoms with Crippen LogP contribution in [0, 0.1) is 10.1 Å². The molecule has 2 aromatic rings. The molecule has 10 heteroatoms. The van der Waals surface area contributed by atoms with Crippen molar-refractivity contribution in [2.75, 3.05) is 5.43 Å². The van der Waals surface area contributed by atoms with E-state index < -0.39 is 22.5 Å². The summed E-state index contributed by atoms with van der Waals surface area (Å²) in [4.78, 5) is 38.9. The third-order valence-corrected chi connectivity index (χ3v) is 4.15. The van der Waals surface area contributed by atoms with E-state index in [0.717, 1.165) is 5.01 Å². The van der Waals surface area contributed by atoms with Gasteiger partial charge in [0.2, 0.25) is 5.60 Å². The number of cyclic esters (lactones) is 1. The monoisotopic (exact) mass is 406 g/mol. The molecular weight excluding hydrogens is 396 g/mol. The number of non-ortho nitro benzene ring substituents is 1. The van der Waals surface area contributed by atoms with Crippen LogP contribution in [0.3, 0.4) is 0 Å². The molecule has 0 spiro atoms. The fourth-order valence-electron chi connectivity index (χ4n) is 2.28. The highest BCUT2D eigenvalue weighted by molar-refractivity contribution is 9.10. The van der Waals surface area contributed by atoms with Crippen molar-refractivity contribution in [2.24, 2.45) is 0 Å². The number of amides is 2. The molecule has 1 aromatic heterocycles. The molecule has 1 atom stereocenters. The summed E-state index contributed by atoms with van der Waals surface area (Å²) >= 11 is 3.20. The molecule has 0 aliphatic carbocycles. The van der Waals surface area contributed by atoms with E-state index in [-0.39, 0.29) is 5.69 Å². The number of imide groups is 1. The van der Waals surface area contributed by atoms with Crippen molar-refractivity contribution in [3.63, 3.8) is 0 Å². The standard InChI is InChI=1S/C15H11BrN4O5/c1-15(9-2-7-12(16)17-8-9)13(21)19(14(22)25-15)18-10-3-5-11(6-4-10)20(23)24/h2-8,18H,1H3. The fraction of sp³-hybridized carbons (Fsp3) is 0.133. The zero-order valence-corrected chi connectivity index (χ0v) is 14.4. The van der Waals surface area contributed by atoms with Crippen molar-refractivity contribution in [3.05, 3.63) is 62.9 Å². The van der Waals surface area contributed by atoms with Crippen molar-refractivity contribution in [1.82, 2.24) is 9.99 Å². The maximum absolute atomic E-state index is 12.7. The number of hydrogen-bond acceptors (Lipinski definition) is 7. The number of halogens is 1. The molecule has 3 rings (SSSR count). The summed E-state index contributed by atoms with van der Waals surface area (Å²) in [6.07, 6.45) is 0.554. The molecular formula is C15H11BrN4O5. The molecule has 0 saturated carbocycles. The number of anilines is 1. The Kier molecular flexibility index (Phi) is 4.13. The SMILES string of the molecule is CC1(c2ccc(Br)nc2)OC(=O)N(Nc2ccc([N+](=O)[O-])cc2)C1=O. The molecule has 25 heavy (non-hydrogen) atoms. The first-order valence-corrected chi connectivity index (χ1v) is 7.81. The maximum atomic E-state index is 12.7. The number of nitrogens with zero attached hydrogens (tertiary/aromatic N) is 3. The third kappa shape index (κ3) is 3.03. The summed E-state index contributed by atoms with van der Waals surface area (Å²) in [6, 6.07) is 8.54. The fourth-order valence-corrected chi connectivity index (χ4v) is 2.52. The molecule has 1 unspecified atom stereocenters. The number of aromatic nitrogens is 1. The number of nitro groups is 1. The van der Waals surface area contributed by atoms with Crippen LogP contribution in [-0.4, -0.2) is 26.9 Å². The normalized spacial score (nSPS) is 19.7. The minimum atomic E-state index is -1.52. The van der Waals surface area contributed by atoms with Gasteiger partial charge in [-0.05, 0) is 41.1 Å². The first kappa shape index (κ1) is 16.8. The molecule has 1 aliphatic heterocycles. The van der Waals surface area contributed by atoms with Gasteiger partial charge in [0, 0.05) is 23.9 Å². The Balaban J connectivity index is 1.83. The van der Waals surface area contributed by atoms with Crippen molar-refractivity contribution in [3.8, 4) is 0 Å². The summed E-state index contributed by atoms with van der Waals surface area (Å²) in [5, 5.41) is 11.4. The van der Waals surface area contributed by atoms with Gasteiger partial charge in [-0.2, -0.15) is 0 Å². The second-order valence-electron chi connectivity index (χ2n) is 5.33. The van der Waals surface area contributed by atoms with Gasteiger partial charge in [-0.15, -0.1) is 5.01 Å². The van der Waals surface area contributed by atoms with Gasteiger partial charge in [-0.1, -0.05) is 6.07 Å². The summed E-state index contributed by atoms with van der Waals surface area (Å²) in [7, 11) is 0. The predicted octanol–water partition coefficient (Wildman–Crippen LogP) is 2.97. The number of ether oxygens (including phenoxy) is 1. The lowest BCUT2D eigenvalue weighted by Gasteiger charge is -2.20. The highest BCUT2D eigenvalue weighted by Crippen LogP contribution is 2.34. The van der Waals surface area contributed by atoms with Crippen molar-refractivity contribution in [2.45, 2.75) is 12.5 Å². The van der Waals surface area contributed by atoms with Gasteiger partial charge in [-0.3, -0.25) is 20.3 Å². The number of pyridine rings is 1. The largest absolute Gasteiger partial charge is 0.437 e. The number of nitro benzene ring substituents is 1.